The molecule has 0 radical (unpaired) electrons. The van der Waals surface area contributed by atoms with E-state index in [1.165, 1.54) is 0 Å². The lowest BCUT2D eigenvalue weighted by Gasteiger charge is -2.00. The monoisotopic (exact) mass is 259 g/mol. The van der Waals surface area contributed by atoms with Gasteiger partial charge in [-0.3, -0.25) is 0 Å². The molecule has 88 valence electrons. The second-order valence-corrected chi connectivity index (χ2v) is 6.96. The van der Waals surface area contributed by atoms with E-state index in [9.17, 15) is 8.42 Å². The maximum atomic E-state index is 11.7. The highest BCUT2D eigenvalue weighted by atomic mass is 35.5. The van der Waals surface area contributed by atoms with Crippen LogP contribution in [-0.2, 0) is 9.84 Å². The van der Waals surface area contributed by atoms with Gasteiger partial charge in [0.15, 0.2) is 9.84 Å². The van der Waals surface area contributed by atoms with Crippen molar-refractivity contribution < 1.29 is 8.42 Å². The first-order valence-electron chi connectivity index (χ1n) is 5.20. The molecule has 1 aromatic carbocycles. The van der Waals surface area contributed by atoms with Crippen LogP contribution in [0.25, 0.3) is 0 Å². The van der Waals surface area contributed by atoms with Gasteiger partial charge in [-0.2, -0.15) is 0 Å². The van der Waals surface area contributed by atoms with Crippen LogP contribution in [0.15, 0.2) is 24.3 Å². The van der Waals surface area contributed by atoms with Crippen molar-refractivity contribution in [1.29, 1.82) is 0 Å². The third kappa shape index (κ3) is 1.97. The summed E-state index contributed by atoms with van der Waals surface area (Å²) in [5.74, 6) is 0.0475. The Morgan fingerprint density at radius 1 is 1.44 bits per heavy atom. The number of halogens is 1. The SMILES string of the molecule is CCS(=O)(=O)[C@H]1[C@H](N)[C@@H]1c1cccc(Cl)c1. The molecule has 0 aromatic heterocycles. The predicted octanol–water partition coefficient (Wildman–Crippen LogP) is 1.57. The van der Waals surface area contributed by atoms with Gasteiger partial charge in [0.1, 0.15) is 0 Å². The average Bonchev–Trinajstić information content (AvgIpc) is 2.91. The van der Waals surface area contributed by atoms with E-state index in [-0.39, 0.29) is 17.7 Å². The van der Waals surface area contributed by atoms with Gasteiger partial charge in [-0.15, -0.1) is 0 Å². The maximum Gasteiger partial charge on any atom is 0.155 e. The molecular formula is C11H14ClNO2S. The molecule has 0 bridgehead atoms. The number of hydrogen-bond donors (Lipinski definition) is 1. The van der Waals surface area contributed by atoms with Crippen LogP contribution < -0.4 is 5.73 Å². The zero-order valence-electron chi connectivity index (χ0n) is 8.93. The zero-order chi connectivity index (χ0) is 11.9. The Morgan fingerprint density at radius 2 is 2.12 bits per heavy atom. The van der Waals surface area contributed by atoms with Crippen LogP contribution in [0.1, 0.15) is 18.4 Å². The van der Waals surface area contributed by atoms with Crippen molar-refractivity contribution in [2.45, 2.75) is 24.1 Å². The Morgan fingerprint density at radius 3 is 2.69 bits per heavy atom. The number of sulfone groups is 1. The molecule has 0 saturated heterocycles. The summed E-state index contributed by atoms with van der Waals surface area (Å²) in [5.41, 5.74) is 6.75. The third-order valence-electron chi connectivity index (χ3n) is 3.06. The Hall–Kier alpha value is -0.580. The lowest BCUT2D eigenvalue weighted by molar-refractivity contribution is 0.594. The summed E-state index contributed by atoms with van der Waals surface area (Å²) in [4.78, 5) is 0. The van der Waals surface area contributed by atoms with E-state index in [2.05, 4.69) is 0 Å². The lowest BCUT2D eigenvalue weighted by Crippen LogP contribution is -2.17. The fourth-order valence-corrected chi connectivity index (χ4v) is 4.01. The van der Waals surface area contributed by atoms with Gasteiger partial charge in [0.05, 0.1) is 5.25 Å². The summed E-state index contributed by atoms with van der Waals surface area (Å²) in [7, 11) is -3.05. The summed E-state index contributed by atoms with van der Waals surface area (Å²) in [6, 6.07) is 6.96. The number of rotatable bonds is 3. The molecule has 0 spiro atoms. The highest BCUT2D eigenvalue weighted by Crippen LogP contribution is 2.45. The highest BCUT2D eigenvalue weighted by Gasteiger charge is 2.55. The van der Waals surface area contributed by atoms with Crippen LogP contribution in [0.2, 0.25) is 5.02 Å². The van der Waals surface area contributed by atoms with Crippen LogP contribution in [0.5, 0.6) is 0 Å². The van der Waals surface area contributed by atoms with Crippen molar-refractivity contribution in [3.63, 3.8) is 0 Å². The van der Waals surface area contributed by atoms with Crippen LogP contribution in [0.3, 0.4) is 0 Å². The first kappa shape index (κ1) is 11.9. The normalized spacial score (nSPS) is 29.1. The van der Waals surface area contributed by atoms with Crippen molar-refractivity contribution >= 4 is 21.4 Å². The molecule has 3 atom stereocenters. The Balaban J connectivity index is 2.27. The molecule has 0 amide bonds. The molecular weight excluding hydrogens is 246 g/mol. The van der Waals surface area contributed by atoms with Crippen molar-refractivity contribution in [3.05, 3.63) is 34.9 Å². The molecule has 1 aliphatic rings. The van der Waals surface area contributed by atoms with Crippen molar-refractivity contribution in [2.75, 3.05) is 5.75 Å². The zero-order valence-corrected chi connectivity index (χ0v) is 10.5. The lowest BCUT2D eigenvalue weighted by atomic mass is 10.1. The topological polar surface area (TPSA) is 60.2 Å². The molecule has 0 heterocycles. The molecule has 0 unspecified atom stereocenters. The number of nitrogens with two attached hydrogens (primary N) is 1. The summed E-state index contributed by atoms with van der Waals surface area (Å²) >= 11 is 5.87. The van der Waals surface area contributed by atoms with Crippen molar-refractivity contribution in [3.8, 4) is 0 Å². The van der Waals surface area contributed by atoms with E-state index in [1.54, 1.807) is 19.1 Å². The maximum absolute atomic E-state index is 11.7. The molecule has 0 aliphatic heterocycles. The minimum absolute atomic E-state index is 0.0938. The van der Waals surface area contributed by atoms with E-state index in [1.807, 2.05) is 12.1 Å². The van der Waals surface area contributed by atoms with Gasteiger partial charge in [0.25, 0.3) is 0 Å². The standard InChI is InChI=1S/C11H14ClNO2S/c1-2-16(14,15)11-9(10(11)13)7-4-3-5-8(12)6-7/h3-6,9-11H,2,13H2,1H3/t9-,10+,11+/m0/s1. The third-order valence-corrected chi connectivity index (χ3v) is 5.53. The fraction of sp³-hybridized carbons (Fsp3) is 0.455. The first-order valence-corrected chi connectivity index (χ1v) is 7.29. The van der Waals surface area contributed by atoms with Gasteiger partial charge >= 0.3 is 0 Å². The average molecular weight is 260 g/mol. The van der Waals surface area contributed by atoms with Crippen LogP contribution >= 0.6 is 11.6 Å². The van der Waals surface area contributed by atoms with Crippen molar-refractivity contribution in [1.82, 2.24) is 0 Å². The van der Waals surface area contributed by atoms with E-state index < -0.39 is 15.1 Å². The fourth-order valence-electron chi connectivity index (χ4n) is 2.09. The van der Waals surface area contributed by atoms with E-state index in [4.69, 9.17) is 17.3 Å². The molecule has 3 nitrogen and oxygen atoms in total. The summed E-state index contributed by atoms with van der Waals surface area (Å²) in [6.07, 6.45) is 0. The van der Waals surface area contributed by atoms with E-state index in [0.717, 1.165) is 5.56 Å². The molecule has 2 rings (SSSR count). The summed E-state index contributed by atoms with van der Waals surface area (Å²) in [6.45, 7) is 1.65. The molecule has 1 saturated carbocycles. The quantitative estimate of drug-likeness (QED) is 0.896. The van der Waals surface area contributed by atoms with Crippen LogP contribution in [0, 0.1) is 0 Å². The number of benzene rings is 1. The van der Waals surface area contributed by atoms with E-state index in [0.29, 0.717) is 5.02 Å². The van der Waals surface area contributed by atoms with Crippen LogP contribution in [0.4, 0.5) is 0 Å². The molecule has 1 fully saturated rings. The van der Waals surface area contributed by atoms with Crippen molar-refractivity contribution in [2.24, 2.45) is 5.73 Å². The molecule has 16 heavy (non-hydrogen) atoms. The molecule has 1 aromatic rings. The number of hydrogen-bond acceptors (Lipinski definition) is 3. The predicted molar refractivity (Wildman–Crippen MR) is 65.4 cm³/mol. The van der Waals surface area contributed by atoms with E-state index >= 15 is 0 Å². The van der Waals surface area contributed by atoms with Gasteiger partial charge in [-0.05, 0) is 17.7 Å². The summed E-state index contributed by atoms with van der Waals surface area (Å²) in [5, 5.41) is 0.181. The molecule has 2 N–H and O–H groups in total. The molecule has 5 heteroatoms. The largest absolute Gasteiger partial charge is 0.326 e. The molecule has 1 aliphatic carbocycles. The van der Waals surface area contributed by atoms with Gasteiger partial charge in [0.2, 0.25) is 0 Å². The minimum Gasteiger partial charge on any atom is -0.326 e. The smallest absolute Gasteiger partial charge is 0.155 e. The Kier molecular flexibility index (Phi) is 2.99. The highest BCUT2D eigenvalue weighted by molar-refractivity contribution is 7.92. The van der Waals surface area contributed by atoms with Gasteiger partial charge in [-0.1, -0.05) is 30.7 Å². The van der Waals surface area contributed by atoms with Gasteiger partial charge < -0.3 is 5.73 Å². The van der Waals surface area contributed by atoms with Gasteiger partial charge in [0, 0.05) is 22.7 Å². The second kappa shape index (κ2) is 4.02. The van der Waals surface area contributed by atoms with Crippen LogP contribution in [-0.4, -0.2) is 25.5 Å². The minimum atomic E-state index is -3.05. The Bertz CT molecular complexity index is 500. The Labute approximate surface area is 101 Å². The first-order chi connectivity index (χ1) is 7.47. The van der Waals surface area contributed by atoms with Gasteiger partial charge in [-0.25, -0.2) is 8.42 Å². The summed E-state index contributed by atoms with van der Waals surface area (Å²) < 4.78 is 23.5. The second-order valence-electron chi connectivity index (χ2n) is 4.07.